The highest BCUT2D eigenvalue weighted by Crippen LogP contribution is 2.27. The Bertz CT molecular complexity index is 2800. The first-order valence-corrected chi connectivity index (χ1v) is 33.3. The second kappa shape index (κ2) is 39.2. The van der Waals surface area contributed by atoms with E-state index in [1.165, 1.54) is 35.5 Å². The maximum absolute atomic E-state index is 14.5. The third-order valence-corrected chi connectivity index (χ3v) is 17.0. The molecule has 0 bridgehead atoms. The molecular formula is C60H105N19O16S. The van der Waals surface area contributed by atoms with E-state index in [1.807, 2.05) is 13.8 Å². The van der Waals surface area contributed by atoms with Crippen LogP contribution in [0.25, 0.3) is 0 Å². The minimum absolute atomic E-state index is 0.0135. The van der Waals surface area contributed by atoms with Crippen LogP contribution in [0.3, 0.4) is 0 Å². The van der Waals surface area contributed by atoms with E-state index in [1.54, 1.807) is 27.7 Å². The number of aliphatic hydroxyl groups excluding tert-OH is 2. The SMILES string of the molecule is CC(C)C[C@H](N)C(=O)N[C@@H](CS)C(=O)N[C@H](C(=O)N[C@@H](CCCN=C(N)N)C(=O)N[C@@H](CCCN=C(N)N)C(=O)N[C@@H](C)C(=O)N1CCC[C@H]1C(=O)N1CCC[C@H]1C(=O)N[C@H](C(=O)N[C@H](C(=O)N[C@@H](C)C(=O)N[C@H](C(=O)N1CCC[C@H]1C(=O)O)C(C)C)[C@@H](C)O)[C@@H](C)O)C(C)C. The zero-order valence-electron chi connectivity index (χ0n) is 56.6. The molecule has 35 nitrogen and oxygen atoms in total. The summed E-state index contributed by atoms with van der Waals surface area (Å²) in [5, 5.41) is 54.0. The standard InChI is InChI=1S/C60H105N19O16S/c1-28(2)26-35(61)47(83)72-38(27-96)50(86)73-42(29(3)4)52(88)71-37(17-12-22-67-60(64)65)49(85)70-36(16-11-21-66-59(62)63)48(84)69-32(8)55(91)78-24-14-19-40(78)56(92)77-23-13-18-39(77)51(87)75-45(34(10)81)54(90)76-44(33(9)80)53(89)68-31(7)46(82)74-43(30(5)6)57(93)79-25-15-20-41(79)58(94)95/h28-45,80-81,96H,11-27,61H2,1-10H3,(H,68,89)(H,69,84)(H,70,85)(H,71,88)(H,72,83)(H,73,86)(H,74,82)(H,75,87)(H,76,90)(H,94,95)(H4,62,63,66)(H4,64,65,67)/t31-,32-,33+,34+,35-,36-,37-,38-,39-,40-,41-,42-,43-,44-,45-/m0/s1. The molecule has 0 aromatic carbocycles. The van der Waals surface area contributed by atoms with Crippen molar-refractivity contribution >= 4 is 101 Å². The smallest absolute Gasteiger partial charge is 0.326 e. The van der Waals surface area contributed by atoms with Gasteiger partial charge in [-0.05, 0) is 116 Å². The monoisotopic (exact) mass is 1380 g/mol. The minimum atomic E-state index is -1.77. The lowest BCUT2D eigenvalue weighted by atomic mass is 10.0. The predicted octanol–water partition coefficient (Wildman–Crippen LogP) is -6.07. The van der Waals surface area contributed by atoms with Crippen LogP contribution in [0, 0.1) is 17.8 Å². The summed E-state index contributed by atoms with van der Waals surface area (Å²) >= 11 is 4.23. The van der Waals surface area contributed by atoms with Gasteiger partial charge < -0.3 is 107 Å². The average molecular weight is 1380 g/mol. The fourth-order valence-corrected chi connectivity index (χ4v) is 11.5. The Morgan fingerprint density at radius 2 is 0.875 bits per heavy atom. The van der Waals surface area contributed by atoms with Crippen molar-refractivity contribution < 1.29 is 77.6 Å². The summed E-state index contributed by atoms with van der Waals surface area (Å²) < 4.78 is 0. The van der Waals surface area contributed by atoms with Gasteiger partial charge in [-0.2, -0.15) is 12.6 Å². The highest BCUT2D eigenvalue weighted by molar-refractivity contribution is 7.80. The van der Waals surface area contributed by atoms with E-state index in [0.717, 1.165) is 6.92 Å². The van der Waals surface area contributed by atoms with E-state index in [9.17, 15) is 77.6 Å². The van der Waals surface area contributed by atoms with Crippen LogP contribution >= 0.6 is 12.6 Å². The second-order valence-electron chi connectivity index (χ2n) is 25.8. The van der Waals surface area contributed by atoms with Crippen molar-refractivity contribution in [3.05, 3.63) is 0 Å². The van der Waals surface area contributed by atoms with Crippen molar-refractivity contribution in [1.29, 1.82) is 0 Å². The number of likely N-dealkylation sites (tertiary alicyclic amines) is 3. The predicted molar refractivity (Wildman–Crippen MR) is 355 cm³/mol. The van der Waals surface area contributed by atoms with Gasteiger partial charge in [-0.3, -0.25) is 67.5 Å². The van der Waals surface area contributed by atoms with Crippen LogP contribution in [-0.2, 0) is 62.3 Å². The molecule has 3 saturated heterocycles. The van der Waals surface area contributed by atoms with Crippen LogP contribution in [0.2, 0.25) is 0 Å². The molecule has 0 radical (unpaired) electrons. The van der Waals surface area contributed by atoms with Gasteiger partial charge in [-0.25, -0.2) is 4.79 Å². The van der Waals surface area contributed by atoms with Gasteiger partial charge in [-0.1, -0.05) is 41.5 Å². The summed E-state index contributed by atoms with van der Waals surface area (Å²) in [6, 6.07) is -17.0. The molecule has 36 heteroatoms. The van der Waals surface area contributed by atoms with Crippen LogP contribution in [0.5, 0.6) is 0 Å². The number of thiol groups is 1. The molecule has 3 aliphatic heterocycles. The molecule has 542 valence electrons. The van der Waals surface area contributed by atoms with Gasteiger partial charge in [0.2, 0.25) is 70.9 Å². The summed E-state index contributed by atoms with van der Waals surface area (Å²) in [6.07, 6.45) is -1.25. The van der Waals surface area contributed by atoms with Crippen molar-refractivity contribution in [2.45, 2.75) is 231 Å². The molecule has 3 heterocycles. The highest BCUT2D eigenvalue weighted by atomic mass is 32.1. The number of carbonyl (C=O) groups excluding carboxylic acids is 12. The zero-order valence-corrected chi connectivity index (χ0v) is 57.5. The van der Waals surface area contributed by atoms with Gasteiger partial charge in [0.05, 0.1) is 18.2 Å². The molecular weight excluding hydrogens is 1270 g/mol. The molecule has 0 unspecified atom stereocenters. The molecule has 0 spiro atoms. The zero-order chi connectivity index (χ0) is 72.6. The lowest BCUT2D eigenvalue weighted by molar-refractivity contribution is -0.150. The van der Waals surface area contributed by atoms with Crippen molar-refractivity contribution in [2.24, 2.45) is 56.4 Å². The molecule has 12 amide bonds. The summed E-state index contributed by atoms with van der Waals surface area (Å²) in [4.78, 5) is 190. The molecule has 15 atom stereocenters. The second-order valence-corrected chi connectivity index (χ2v) is 26.1. The maximum Gasteiger partial charge on any atom is 0.326 e. The molecule has 0 aromatic heterocycles. The van der Waals surface area contributed by atoms with E-state index < -0.39 is 179 Å². The van der Waals surface area contributed by atoms with E-state index in [0.29, 0.717) is 25.7 Å². The Kier molecular flexibility index (Phi) is 33.5. The van der Waals surface area contributed by atoms with Crippen molar-refractivity contribution in [1.82, 2.24) is 62.6 Å². The number of nitrogens with one attached hydrogen (secondary N) is 9. The third-order valence-electron chi connectivity index (χ3n) is 16.6. The van der Waals surface area contributed by atoms with Crippen LogP contribution in [0.15, 0.2) is 9.98 Å². The number of aliphatic imine (C=N–C) groups is 2. The van der Waals surface area contributed by atoms with Crippen molar-refractivity contribution in [2.75, 3.05) is 38.5 Å². The Hall–Kier alpha value is -8.12. The average Bonchev–Trinajstić information content (AvgIpc) is 1.68. The number of carbonyl (C=O) groups is 13. The largest absolute Gasteiger partial charge is 0.480 e. The first kappa shape index (κ1) is 82.1. The fraction of sp³-hybridized carbons (Fsp3) is 0.750. The fourth-order valence-electron chi connectivity index (χ4n) is 11.3. The molecule has 22 N–H and O–H groups in total. The van der Waals surface area contributed by atoms with Crippen LogP contribution < -0.4 is 76.5 Å². The number of aliphatic carboxylic acids is 1. The molecule has 96 heavy (non-hydrogen) atoms. The van der Waals surface area contributed by atoms with Gasteiger partial charge in [0.25, 0.3) is 0 Å². The van der Waals surface area contributed by atoms with Crippen LogP contribution in [0.4, 0.5) is 0 Å². The first-order valence-electron chi connectivity index (χ1n) is 32.6. The highest BCUT2D eigenvalue weighted by Gasteiger charge is 2.46. The van der Waals surface area contributed by atoms with E-state index in [4.69, 9.17) is 28.7 Å². The lowest BCUT2D eigenvalue weighted by Gasteiger charge is -2.33. The quantitative estimate of drug-likeness (QED) is 0.0119. The Morgan fingerprint density at radius 1 is 0.469 bits per heavy atom. The van der Waals surface area contributed by atoms with E-state index >= 15 is 0 Å². The van der Waals surface area contributed by atoms with Crippen LogP contribution in [-0.4, -0.2) is 248 Å². The molecule has 3 fully saturated rings. The summed E-state index contributed by atoms with van der Waals surface area (Å²) in [5.74, 6) is -12.5. The van der Waals surface area contributed by atoms with Gasteiger partial charge in [-0.15, -0.1) is 0 Å². The summed E-state index contributed by atoms with van der Waals surface area (Å²) in [5.41, 5.74) is 28.2. The molecule has 3 rings (SSSR count). The van der Waals surface area contributed by atoms with Crippen molar-refractivity contribution in [3.63, 3.8) is 0 Å². The molecule has 0 aliphatic carbocycles. The molecule has 0 saturated carbocycles. The lowest BCUT2D eigenvalue weighted by Crippen LogP contribution is -2.63. The summed E-state index contributed by atoms with van der Waals surface area (Å²) in [6.45, 7) is 15.6. The number of hydrogen-bond acceptors (Lipinski definition) is 19. The maximum atomic E-state index is 14.5. The normalized spacial score (nSPS) is 19.9. The number of hydrogen-bond donors (Lipinski definition) is 18. The van der Waals surface area contributed by atoms with Gasteiger partial charge in [0.1, 0.15) is 72.5 Å². The number of nitrogens with zero attached hydrogens (tertiary/aromatic N) is 5. The van der Waals surface area contributed by atoms with Gasteiger partial charge >= 0.3 is 5.97 Å². The number of aliphatic hydroxyl groups is 2. The minimum Gasteiger partial charge on any atom is -0.480 e. The van der Waals surface area contributed by atoms with Crippen LogP contribution in [0.1, 0.15) is 140 Å². The number of nitrogens with two attached hydrogens (primary N) is 5. The topological polar surface area (TPSA) is 555 Å². The Morgan fingerprint density at radius 3 is 1.36 bits per heavy atom. The first-order chi connectivity index (χ1) is 44.9. The molecule has 0 aromatic rings. The van der Waals surface area contributed by atoms with E-state index in [-0.39, 0.29) is 101 Å². The number of guanidine groups is 2. The Labute approximate surface area is 565 Å². The van der Waals surface area contributed by atoms with Crippen molar-refractivity contribution in [3.8, 4) is 0 Å². The number of amides is 12. The number of carboxylic acid groups (broad SMARTS) is 1. The summed E-state index contributed by atoms with van der Waals surface area (Å²) in [7, 11) is 0. The third kappa shape index (κ3) is 24.8. The van der Waals surface area contributed by atoms with Gasteiger partial charge in [0.15, 0.2) is 11.9 Å². The Balaban J connectivity index is 1.78. The van der Waals surface area contributed by atoms with Gasteiger partial charge in [0, 0.05) is 38.5 Å². The molecule has 3 aliphatic rings. The number of carboxylic acids is 1. The number of rotatable bonds is 37. The van der Waals surface area contributed by atoms with E-state index in [2.05, 4.69) is 70.5 Å².